The fourth-order valence-electron chi connectivity index (χ4n) is 4.23. The van der Waals surface area contributed by atoms with Gasteiger partial charge in [0.2, 0.25) is 5.82 Å². The molecule has 2 aromatic heterocycles. The summed E-state index contributed by atoms with van der Waals surface area (Å²) in [5, 5.41) is 11.2. The molecular formula is C21H21N7O2. The molecular weight excluding hydrogens is 382 g/mol. The Morgan fingerprint density at radius 3 is 2.57 bits per heavy atom. The molecule has 2 atom stereocenters. The van der Waals surface area contributed by atoms with Crippen LogP contribution >= 0.6 is 0 Å². The normalized spacial score (nSPS) is 19.8. The number of fused-ring (bicyclic) bond motifs is 2. The van der Waals surface area contributed by atoms with E-state index in [9.17, 15) is 9.59 Å². The molecule has 0 unspecified atom stereocenters. The first kappa shape index (κ1) is 18.4. The second kappa shape index (κ2) is 7.33. The van der Waals surface area contributed by atoms with Gasteiger partial charge in [-0.1, -0.05) is 18.2 Å². The third-order valence-electron chi connectivity index (χ3n) is 5.79. The number of nitrogens with zero attached hydrogens (tertiary/aromatic N) is 6. The number of aryl methyl sites for hydroxylation is 1. The molecule has 1 saturated heterocycles. The molecule has 1 N–H and O–H groups in total. The summed E-state index contributed by atoms with van der Waals surface area (Å²) < 4.78 is 1.89. The quantitative estimate of drug-likeness (QED) is 0.712. The van der Waals surface area contributed by atoms with E-state index in [4.69, 9.17) is 0 Å². The van der Waals surface area contributed by atoms with Gasteiger partial charge < -0.3 is 14.8 Å². The lowest BCUT2D eigenvalue weighted by Gasteiger charge is -2.25. The average Bonchev–Trinajstić information content (AvgIpc) is 3.36. The molecule has 0 spiro atoms. The first-order valence-corrected chi connectivity index (χ1v) is 9.95. The second-order valence-corrected chi connectivity index (χ2v) is 7.85. The predicted octanol–water partition coefficient (Wildman–Crippen LogP) is 1.57. The van der Waals surface area contributed by atoms with Gasteiger partial charge >= 0.3 is 0 Å². The third-order valence-corrected chi connectivity index (χ3v) is 5.79. The van der Waals surface area contributed by atoms with Crippen molar-refractivity contribution in [2.75, 3.05) is 18.4 Å². The summed E-state index contributed by atoms with van der Waals surface area (Å²) in [5.74, 6) is 1.27. The van der Waals surface area contributed by atoms with Gasteiger partial charge in [0.15, 0.2) is 0 Å². The molecule has 0 saturated carbocycles. The molecule has 3 aromatic rings. The summed E-state index contributed by atoms with van der Waals surface area (Å²) in [6.45, 7) is 3.73. The lowest BCUT2D eigenvalue weighted by Crippen LogP contribution is -2.31. The molecule has 2 aliphatic heterocycles. The molecule has 0 radical (unpaired) electrons. The number of benzene rings is 1. The van der Waals surface area contributed by atoms with Gasteiger partial charge in [0.1, 0.15) is 11.5 Å². The van der Waals surface area contributed by atoms with Crippen molar-refractivity contribution in [3.8, 4) is 0 Å². The van der Waals surface area contributed by atoms with Crippen LogP contribution in [0.3, 0.4) is 0 Å². The van der Waals surface area contributed by atoms with Gasteiger partial charge in [-0.05, 0) is 30.9 Å². The molecule has 0 aliphatic carbocycles. The van der Waals surface area contributed by atoms with Gasteiger partial charge in [-0.15, -0.1) is 10.2 Å². The number of aromatic nitrogens is 5. The van der Waals surface area contributed by atoms with Crippen LogP contribution in [0, 0.1) is 18.8 Å². The second-order valence-electron chi connectivity index (χ2n) is 7.85. The molecule has 1 aromatic carbocycles. The molecule has 152 valence electrons. The van der Waals surface area contributed by atoms with E-state index >= 15 is 0 Å². The number of anilines is 1. The van der Waals surface area contributed by atoms with E-state index in [1.807, 2.05) is 46.7 Å². The van der Waals surface area contributed by atoms with Gasteiger partial charge in [-0.3, -0.25) is 14.6 Å². The van der Waals surface area contributed by atoms with Crippen LogP contribution in [0.25, 0.3) is 0 Å². The van der Waals surface area contributed by atoms with Gasteiger partial charge in [-0.25, -0.2) is 4.98 Å². The number of hydrogen-bond acceptors (Lipinski definition) is 6. The number of nitrogens with one attached hydrogen (secondary N) is 1. The summed E-state index contributed by atoms with van der Waals surface area (Å²) in [5.41, 5.74) is 1.85. The Bertz CT molecular complexity index is 1090. The number of rotatable bonds is 3. The van der Waals surface area contributed by atoms with Crippen LogP contribution in [0.5, 0.6) is 0 Å². The molecule has 5 rings (SSSR count). The molecule has 2 aliphatic rings. The lowest BCUT2D eigenvalue weighted by molar-refractivity contribution is 0.0777. The van der Waals surface area contributed by atoms with E-state index in [0.717, 1.165) is 11.5 Å². The van der Waals surface area contributed by atoms with Crippen LogP contribution in [0.15, 0.2) is 42.7 Å². The number of carbonyl (C=O) groups is 2. The average molecular weight is 403 g/mol. The number of para-hydroxylation sites is 1. The molecule has 9 heteroatoms. The highest BCUT2D eigenvalue weighted by Crippen LogP contribution is 2.33. The van der Waals surface area contributed by atoms with E-state index < -0.39 is 0 Å². The van der Waals surface area contributed by atoms with Crippen LogP contribution in [0.1, 0.15) is 32.6 Å². The van der Waals surface area contributed by atoms with Crippen LogP contribution in [0.2, 0.25) is 0 Å². The Hall–Kier alpha value is -3.62. The summed E-state index contributed by atoms with van der Waals surface area (Å²) in [7, 11) is 0. The zero-order chi connectivity index (χ0) is 20.7. The minimum absolute atomic E-state index is 0.102. The zero-order valence-corrected chi connectivity index (χ0v) is 16.5. The summed E-state index contributed by atoms with van der Waals surface area (Å²) in [4.78, 5) is 35.7. The van der Waals surface area contributed by atoms with Crippen molar-refractivity contribution in [3.63, 3.8) is 0 Å². The van der Waals surface area contributed by atoms with Gasteiger partial charge in [0.25, 0.3) is 11.8 Å². The van der Waals surface area contributed by atoms with E-state index in [0.29, 0.717) is 49.2 Å². The van der Waals surface area contributed by atoms with Crippen molar-refractivity contribution >= 4 is 17.5 Å². The fraction of sp³-hybridized carbons (Fsp3) is 0.333. The maximum absolute atomic E-state index is 12.8. The Morgan fingerprint density at radius 1 is 1.00 bits per heavy atom. The van der Waals surface area contributed by atoms with Crippen LogP contribution in [-0.4, -0.2) is 54.5 Å². The summed E-state index contributed by atoms with van der Waals surface area (Å²) >= 11 is 0. The Labute approximate surface area is 173 Å². The predicted molar refractivity (Wildman–Crippen MR) is 108 cm³/mol. The van der Waals surface area contributed by atoms with Gasteiger partial charge in [0, 0.05) is 37.9 Å². The highest BCUT2D eigenvalue weighted by atomic mass is 16.2. The van der Waals surface area contributed by atoms with Gasteiger partial charge in [0.05, 0.1) is 11.9 Å². The largest absolute Gasteiger partial charge is 0.337 e. The zero-order valence-electron chi connectivity index (χ0n) is 16.5. The minimum Gasteiger partial charge on any atom is -0.337 e. The fourth-order valence-corrected chi connectivity index (χ4v) is 4.23. The van der Waals surface area contributed by atoms with Crippen LogP contribution in [0.4, 0.5) is 5.69 Å². The van der Waals surface area contributed by atoms with Crippen molar-refractivity contribution < 1.29 is 9.59 Å². The first-order valence-electron chi connectivity index (χ1n) is 9.95. The standard InChI is InChI=1S/C21H21N7O2/c1-13-8-23-17(9-22-13)21(30)27-10-14-7-18-25-26-19(28(18)12-15(14)11-27)20(29)24-16-5-3-2-4-6-16/h2-6,8-9,14-15H,7,10-12H2,1H3,(H,24,29)/t14-,15-/m0/s1. The number of carbonyl (C=O) groups excluding carboxylic acids is 2. The molecule has 30 heavy (non-hydrogen) atoms. The Kier molecular flexibility index (Phi) is 4.50. The SMILES string of the molecule is Cc1cnc(C(=O)N2C[C@@H]3Cc4nnc(C(=O)Nc5ccccc5)n4C[C@@H]3C2)cn1. The molecule has 2 amide bonds. The van der Waals surface area contributed by atoms with E-state index in [2.05, 4.69) is 25.5 Å². The van der Waals surface area contributed by atoms with Crippen molar-refractivity contribution in [1.82, 2.24) is 29.6 Å². The number of likely N-dealkylation sites (tertiary alicyclic amines) is 1. The summed E-state index contributed by atoms with van der Waals surface area (Å²) in [6, 6.07) is 9.28. The van der Waals surface area contributed by atoms with Crippen molar-refractivity contribution in [3.05, 3.63) is 65.8 Å². The smallest absolute Gasteiger partial charge is 0.293 e. The Morgan fingerprint density at radius 2 is 1.80 bits per heavy atom. The van der Waals surface area contributed by atoms with E-state index in [-0.39, 0.29) is 17.7 Å². The van der Waals surface area contributed by atoms with E-state index in [1.54, 1.807) is 6.20 Å². The maximum atomic E-state index is 12.8. The van der Waals surface area contributed by atoms with Crippen LogP contribution in [-0.2, 0) is 13.0 Å². The third kappa shape index (κ3) is 3.32. The number of hydrogen-bond donors (Lipinski definition) is 1. The van der Waals surface area contributed by atoms with Crippen molar-refractivity contribution in [1.29, 1.82) is 0 Å². The van der Waals surface area contributed by atoms with Crippen LogP contribution < -0.4 is 5.32 Å². The number of amides is 2. The van der Waals surface area contributed by atoms with Gasteiger partial charge in [-0.2, -0.15) is 0 Å². The molecule has 1 fully saturated rings. The monoisotopic (exact) mass is 403 g/mol. The minimum atomic E-state index is -0.278. The molecule has 9 nitrogen and oxygen atoms in total. The molecule has 0 bridgehead atoms. The maximum Gasteiger partial charge on any atom is 0.293 e. The van der Waals surface area contributed by atoms with E-state index in [1.165, 1.54) is 6.20 Å². The Balaban J connectivity index is 1.30. The first-order chi connectivity index (χ1) is 14.6. The van der Waals surface area contributed by atoms with Crippen molar-refractivity contribution in [2.24, 2.45) is 11.8 Å². The highest BCUT2D eigenvalue weighted by molar-refractivity contribution is 6.01. The lowest BCUT2D eigenvalue weighted by atomic mass is 9.89. The topological polar surface area (TPSA) is 106 Å². The summed E-state index contributed by atoms with van der Waals surface area (Å²) in [6.07, 6.45) is 3.83. The molecule has 4 heterocycles. The highest BCUT2D eigenvalue weighted by Gasteiger charge is 2.41. The van der Waals surface area contributed by atoms with Crippen molar-refractivity contribution in [2.45, 2.75) is 19.9 Å².